The first-order valence-corrected chi connectivity index (χ1v) is 9.38. The van der Waals surface area contributed by atoms with E-state index in [9.17, 15) is 12.8 Å². The summed E-state index contributed by atoms with van der Waals surface area (Å²) in [5, 5.41) is 0. The highest BCUT2D eigenvalue weighted by Gasteiger charge is 2.15. The molecule has 7 heteroatoms. The van der Waals surface area contributed by atoms with E-state index in [4.69, 9.17) is 0 Å². The lowest BCUT2D eigenvalue weighted by atomic mass is 10.2. The molecule has 2 aromatic carbocycles. The number of aromatic nitrogens is 2. The normalized spacial score (nSPS) is 11.6. The number of rotatable bonds is 6. The molecular weight excluding hydrogens is 341 g/mol. The second-order valence-electron chi connectivity index (χ2n) is 5.77. The summed E-state index contributed by atoms with van der Waals surface area (Å²) in [6, 6.07) is 12.0. The van der Waals surface area contributed by atoms with Gasteiger partial charge in [-0.25, -0.2) is 22.5 Å². The molecule has 0 unspecified atom stereocenters. The van der Waals surface area contributed by atoms with Crippen LogP contribution in [0.1, 0.15) is 16.7 Å². The van der Waals surface area contributed by atoms with E-state index in [1.54, 1.807) is 31.7 Å². The molecule has 1 aromatic heterocycles. The third kappa shape index (κ3) is 4.32. The first-order chi connectivity index (χ1) is 11.9. The van der Waals surface area contributed by atoms with Crippen molar-refractivity contribution in [2.75, 3.05) is 0 Å². The van der Waals surface area contributed by atoms with Crippen LogP contribution in [0, 0.1) is 12.7 Å². The summed E-state index contributed by atoms with van der Waals surface area (Å²) in [5.41, 5.74) is 2.54. The van der Waals surface area contributed by atoms with Gasteiger partial charge in [-0.2, -0.15) is 0 Å². The molecule has 0 saturated heterocycles. The SMILES string of the molecule is Cc1ccc(CS(=O)(=O)NCc2ccccc2-n2ccnc2)c(F)c1. The van der Waals surface area contributed by atoms with Gasteiger partial charge in [-0.1, -0.05) is 30.3 Å². The Labute approximate surface area is 146 Å². The smallest absolute Gasteiger partial charge is 0.216 e. The molecule has 25 heavy (non-hydrogen) atoms. The summed E-state index contributed by atoms with van der Waals surface area (Å²) in [7, 11) is -3.67. The van der Waals surface area contributed by atoms with Gasteiger partial charge in [0.1, 0.15) is 5.82 Å². The van der Waals surface area contributed by atoms with E-state index >= 15 is 0 Å². The zero-order valence-corrected chi connectivity index (χ0v) is 14.5. The van der Waals surface area contributed by atoms with Gasteiger partial charge in [0.05, 0.1) is 17.8 Å². The number of hydrogen-bond acceptors (Lipinski definition) is 3. The van der Waals surface area contributed by atoms with Gasteiger partial charge in [0, 0.05) is 24.5 Å². The summed E-state index contributed by atoms with van der Waals surface area (Å²) in [4.78, 5) is 4.00. The van der Waals surface area contributed by atoms with E-state index in [1.165, 1.54) is 12.1 Å². The van der Waals surface area contributed by atoms with Crippen LogP contribution in [0.3, 0.4) is 0 Å². The fraction of sp³-hybridized carbons (Fsp3) is 0.167. The summed E-state index contributed by atoms with van der Waals surface area (Å²) >= 11 is 0. The summed E-state index contributed by atoms with van der Waals surface area (Å²) in [5.74, 6) is -0.906. The maximum atomic E-state index is 13.9. The average Bonchev–Trinajstić information content (AvgIpc) is 3.10. The zero-order valence-electron chi connectivity index (χ0n) is 13.7. The highest BCUT2D eigenvalue weighted by atomic mass is 32.2. The Morgan fingerprint density at radius 2 is 1.96 bits per heavy atom. The first-order valence-electron chi connectivity index (χ1n) is 7.73. The number of halogens is 1. The molecule has 1 N–H and O–H groups in total. The fourth-order valence-corrected chi connectivity index (χ4v) is 3.65. The van der Waals surface area contributed by atoms with Gasteiger partial charge in [0.15, 0.2) is 0 Å². The van der Waals surface area contributed by atoms with Crippen LogP contribution >= 0.6 is 0 Å². The first kappa shape index (κ1) is 17.3. The predicted molar refractivity (Wildman–Crippen MR) is 94.2 cm³/mol. The van der Waals surface area contributed by atoms with Crippen molar-refractivity contribution in [1.29, 1.82) is 0 Å². The summed E-state index contributed by atoms with van der Waals surface area (Å²) in [6.45, 7) is 1.87. The lowest BCUT2D eigenvalue weighted by Crippen LogP contribution is -2.25. The van der Waals surface area contributed by atoms with Crippen LogP contribution in [0.25, 0.3) is 5.69 Å². The van der Waals surface area contributed by atoms with Crippen LogP contribution in [-0.2, 0) is 22.3 Å². The molecule has 0 aliphatic carbocycles. The molecule has 3 aromatic rings. The van der Waals surface area contributed by atoms with Crippen LogP contribution in [0.15, 0.2) is 61.2 Å². The van der Waals surface area contributed by atoms with Gasteiger partial charge < -0.3 is 4.57 Å². The Bertz CT molecular complexity index is 970. The van der Waals surface area contributed by atoms with E-state index in [2.05, 4.69) is 9.71 Å². The number of aryl methyl sites for hydroxylation is 1. The van der Waals surface area contributed by atoms with Gasteiger partial charge in [-0.05, 0) is 30.2 Å². The molecule has 0 fully saturated rings. The molecule has 0 aliphatic heterocycles. The Morgan fingerprint density at radius 1 is 1.16 bits per heavy atom. The minimum atomic E-state index is -3.67. The van der Waals surface area contributed by atoms with Crippen LogP contribution in [0.4, 0.5) is 4.39 Å². The standard InChI is InChI=1S/C18H18FN3O2S/c1-14-6-7-16(17(19)10-14)12-25(23,24)21-11-15-4-2-3-5-18(15)22-9-8-20-13-22/h2-10,13,21H,11-12H2,1H3. The Hall–Kier alpha value is -2.51. The van der Waals surface area contributed by atoms with Crippen molar-refractivity contribution < 1.29 is 12.8 Å². The van der Waals surface area contributed by atoms with Crippen molar-refractivity contribution in [3.05, 3.63) is 83.7 Å². The highest BCUT2D eigenvalue weighted by Crippen LogP contribution is 2.16. The van der Waals surface area contributed by atoms with Crippen LogP contribution in [0.2, 0.25) is 0 Å². The molecule has 1 heterocycles. The lowest BCUT2D eigenvalue weighted by Gasteiger charge is -2.12. The molecular formula is C18H18FN3O2S. The number of imidazole rings is 1. The molecule has 0 atom stereocenters. The minimum absolute atomic E-state index is 0.115. The number of sulfonamides is 1. The van der Waals surface area contributed by atoms with Crippen LogP contribution < -0.4 is 4.72 Å². The molecule has 0 radical (unpaired) electrons. The number of nitrogens with one attached hydrogen (secondary N) is 1. The van der Waals surface area contributed by atoms with E-state index in [0.29, 0.717) is 0 Å². The number of benzene rings is 2. The highest BCUT2D eigenvalue weighted by molar-refractivity contribution is 7.88. The Balaban J connectivity index is 1.75. The van der Waals surface area contributed by atoms with Gasteiger partial charge in [-0.15, -0.1) is 0 Å². The van der Waals surface area contributed by atoms with Crippen LogP contribution in [0.5, 0.6) is 0 Å². The molecule has 5 nitrogen and oxygen atoms in total. The van der Waals surface area contributed by atoms with Crippen molar-refractivity contribution in [2.45, 2.75) is 19.2 Å². The molecule has 0 amide bonds. The second-order valence-corrected chi connectivity index (χ2v) is 7.58. The lowest BCUT2D eigenvalue weighted by molar-refractivity contribution is 0.574. The van der Waals surface area contributed by atoms with Gasteiger partial charge in [0.2, 0.25) is 10.0 Å². The number of nitrogens with zero attached hydrogens (tertiary/aromatic N) is 2. The quantitative estimate of drug-likeness (QED) is 0.736. The van der Waals surface area contributed by atoms with Crippen molar-refractivity contribution >= 4 is 10.0 Å². The van der Waals surface area contributed by atoms with E-state index in [0.717, 1.165) is 16.8 Å². The monoisotopic (exact) mass is 359 g/mol. The molecule has 0 spiro atoms. The van der Waals surface area contributed by atoms with Crippen molar-refractivity contribution in [1.82, 2.24) is 14.3 Å². The van der Waals surface area contributed by atoms with Gasteiger partial charge >= 0.3 is 0 Å². The average molecular weight is 359 g/mol. The fourth-order valence-electron chi connectivity index (χ4n) is 2.53. The summed E-state index contributed by atoms with van der Waals surface area (Å²) < 4.78 is 42.9. The second kappa shape index (κ2) is 7.16. The van der Waals surface area contributed by atoms with Gasteiger partial charge in [-0.3, -0.25) is 0 Å². The number of hydrogen-bond donors (Lipinski definition) is 1. The predicted octanol–water partition coefficient (Wildman–Crippen LogP) is 2.94. The minimum Gasteiger partial charge on any atom is -0.306 e. The Morgan fingerprint density at radius 3 is 2.68 bits per heavy atom. The van der Waals surface area contributed by atoms with Crippen molar-refractivity contribution in [3.8, 4) is 5.69 Å². The molecule has 0 bridgehead atoms. The van der Waals surface area contributed by atoms with Crippen molar-refractivity contribution in [3.63, 3.8) is 0 Å². The third-order valence-corrected chi connectivity index (χ3v) is 5.09. The third-order valence-electron chi connectivity index (χ3n) is 3.81. The van der Waals surface area contributed by atoms with E-state index < -0.39 is 21.6 Å². The van der Waals surface area contributed by atoms with Crippen LogP contribution in [-0.4, -0.2) is 18.0 Å². The number of para-hydroxylation sites is 1. The van der Waals surface area contributed by atoms with Gasteiger partial charge in [0.25, 0.3) is 0 Å². The zero-order chi connectivity index (χ0) is 17.9. The Kier molecular flexibility index (Phi) is 4.96. The molecule has 0 saturated carbocycles. The van der Waals surface area contributed by atoms with Crippen molar-refractivity contribution in [2.24, 2.45) is 0 Å². The van der Waals surface area contributed by atoms with E-state index in [-0.39, 0.29) is 12.1 Å². The van der Waals surface area contributed by atoms with E-state index in [1.807, 2.05) is 28.8 Å². The molecule has 0 aliphatic rings. The molecule has 3 rings (SSSR count). The summed E-state index contributed by atoms with van der Waals surface area (Å²) in [6.07, 6.45) is 5.09. The topological polar surface area (TPSA) is 64.0 Å². The molecule has 130 valence electrons. The largest absolute Gasteiger partial charge is 0.306 e. The maximum absolute atomic E-state index is 13.9. The maximum Gasteiger partial charge on any atom is 0.216 e.